The van der Waals surface area contributed by atoms with Crippen molar-refractivity contribution in [3.05, 3.63) is 0 Å². The van der Waals surface area contributed by atoms with Crippen LogP contribution < -0.4 is 56.5 Å². The zero-order valence-corrected chi connectivity index (χ0v) is 6.44. The number of rotatable bonds is 0. The standard InChI is InChI=1S/C2H4O2.2K.H/c1-2(3)4;;;/h1H3,(H,3,4);;;/q;;+1;/p-1. The van der Waals surface area contributed by atoms with Crippen molar-refractivity contribution in [2.24, 2.45) is 0 Å². The van der Waals surface area contributed by atoms with Crippen LogP contribution >= 0.6 is 0 Å². The van der Waals surface area contributed by atoms with Crippen LogP contribution in [0.4, 0.5) is 0 Å². The van der Waals surface area contributed by atoms with E-state index in [1.807, 2.05) is 0 Å². The van der Waals surface area contributed by atoms with E-state index in [0.29, 0.717) is 0 Å². The van der Waals surface area contributed by atoms with Gasteiger partial charge in [-0.2, -0.15) is 0 Å². The first kappa shape index (κ1) is 15.9. The normalized spacial score (nSPS) is 4.17. The number of hydrogen-bond acceptors (Lipinski definition) is 2. The zero-order chi connectivity index (χ0) is 3.58. The summed E-state index contributed by atoms with van der Waals surface area (Å²) in [5.41, 5.74) is 0. The van der Waals surface area contributed by atoms with Gasteiger partial charge < -0.3 is 9.90 Å². The van der Waals surface area contributed by atoms with Crippen LogP contribution in [-0.4, -0.2) is 57.4 Å². The van der Waals surface area contributed by atoms with E-state index < -0.39 is 5.97 Å². The van der Waals surface area contributed by atoms with E-state index in [4.69, 9.17) is 9.90 Å². The molecule has 4 heteroatoms. The summed E-state index contributed by atoms with van der Waals surface area (Å²) in [4.78, 5) is 8.89. The number of aliphatic carboxylic acids is 1. The Kier molecular flexibility index (Phi) is 28.3. The van der Waals surface area contributed by atoms with E-state index in [1.165, 1.54) is 0 Å². The van der Waals surface area contributed by atoms with Crippen molar-refractivity contribution < 1.29 is 61.3 Å². The van der Waals surface area contributed by atoms with Gasteiger partial charge in [-0.1, -0.05) is 0 Å². The van der Waals surface area contributed by atoms with Gasteiger partial charge in [-0.15, -0.1) is 0 Å². The Labute approximate surface area is 122 Å². The fourth-order valence-electron chi connectivity index (χ4n) is 0. The molecule has 0 spiro atoms. The van der Waals surface area contributed by atoms with Gasteiger partial charge in [0.2, 0.25) is 0 Å². The summed E-state index contributed by atoms with van der Waals surface area (Å²) in [5.74, 6) is -1.08. The molecule has 0 aromatic rings. The molecule has 6 heavy (non-hydrogen) atoms. The Morgan fingerprint density at radius 2 is 1.67 bits per heavy atom. The predicted molar refractivity (Wildman–Crippen MR) is 17.8 cm³/mol. The third kappa shape index (κ3) is 29.6. The molecule has 0 heterocycles. The maximum absolute atomic E-state index is 8.89. The van der Waals surface area contributed by atoms with Crippen molar-refractivity contribution >= 4 is 57.4 Å². The van der Waals surface area contributed by atoms with Crippen molar-refractivity contribution in [1.29, 1.82) is 0 Å². The van der Waals surface area contributed by atoms with Gasteiger partial charge in [0.25, 0.3) is 0 Å². The van der Waals surface area contributed by atoms with Crippen LogP contribution in [0.15, 0.2) is 0 Å². The Morgan fingerprint density at radius 3 is 1.67 bits per heavy atom. The van der Waals surface area contributed by atoms with Crippen molar-refractivity contribution in [2.45, 2.75) is 6.92 Å². The SMILES string of the molecule is CC(=O)[O-].[K+].[KH]. The number of carbonyl (C=O) groups excluding carboxylic acids is 1. The van der Waals surface area contributed by atoms with Gasteiger partial charge in [0, 0.05) is 5.97 Å². The Bertz CT molecular complexity index is 32.5. The van der Waals surface area contributed by atoms with Crippen molar-refractivity contribution in [2.75, 3.05) is 0 Å². The van der Waals surface area contributed by atoms with Crippen LogP contribution in [0.1, 0.15) is 6.92 Å². The first-order valence-corrected chi connectivity index (χ1v) is 0.908. The van der Waals surface area contributed by atoms with E-state index in [0.717, 1.165) is 6.92 Å². The number of carboxylic acids is 1. The number of carboxylic acid groups (broad SMARTS) is 1. The quantitative estimate of drug-likeness (QED) is 0.315. The van der Waals surface area contributed by atoms with Gasteiger partial charge in [0.1, 0.15) is 0 Å². The van der Waals surface area contributed by atoms with Crippen molar-refractivity contribution in [3.8, 4) is 0 Å². The summed E-state index contributed by atoms with van der Waals surface area (Å²) in [6.07, 6.45) is 0. The van der Waals surface area contributed by atoms with Crippen LogP contribution in [0.5, 0.6) is 0 Å². The van der Waals surface area contributed by atoms with Crippen molar-refractivity contribution in [3.63, 3.8) is 0 Å². The van der Waals surface area contributed by atoms with Crippen molar-refractivity contribution in [1.82, 2.24) is 0 Å². The molecule has 0 aliphatic carbocycles. The number of hydrogen-bond donors (Lipinski definition) is 0. The average Bonchev–Trinajstić information content (AvgIpc) is 0.811. The second-order valence-corrected chi connectivity index (χ2v) is 0.492. The topological polar surface area (TPSA) is 40.1 Å². The second-order valence-electron chi connectivity index (χ2n) is 0.492. The number of carbonyl (C=O) groups is 1. The van der Waals surface area contributed by atoms with Gasteiger partial charge in [-0.3, -0.25) is 0 Å². The molecular formula is C2H4K2O2. The summed E-state index contributed by atoms with van der Waals surface area (Å²) >= 11 is 0. The van der Waals surface area contributed by atoms with E-state index in [9.17, 15) is 0 Å². The minimum atomic E-state index is -1.08. The Hall–Kier alpha value is 2.74. The summed E-state index contributed by atoms with van der Waals surface area (Å²) in [6, 6.07) is 0. The summed E-state index contributed by atoms with van der Waals surface area (Å²) in [6.45, 7) is 0.972. The van der Waals surface area contributed by atoms with Gasteiger partial charge in [0.15, 0.2) is 0 Å². The Balaban J connectivity index is -0.0000000450. The fraction of sp³-hybridized carbons (Fsp3) is 0.500. The molecule has 0 rings (SSSR count). The molecule has 0 unspecified atom stereocenters. The van der Waals surface area contributed by atoms with E-state index >= 15 is 0 Å². The monoisotopic (exact) mass is 138 g/mol. The molecule has 0 N–H and O–H groups in total. The predicted octanol–water partition coefficient (Wildman–Crippen LogP) is -4.89. The Morgan fingerprint density at radius 1 is 1.67 bits per heavy atom. The average molecular weight is 138 g/mol. The summed E-state index contributed by atoms with van der Waals surface area (Å²) in [7, 11) is 0. The van der Waals surface area contributed by atoms with Gasteiger partial charge in [0.05, 0.1) is 0 Å². The summed E-state index contributed by atoms with van der Waals surface area (Å²) < 4.78 is 0. The van der Waals surface area contributed by atoms with Gasteiger partial charge in [-0.05, 0) is 6.92 Å². The van der Waals surface area contributed by atoms with Crippen LogP contribution in [0.25, 0.3) is 0 Å². The minimum absolute atomic E-state index is 0. The van der Waals surface area contributed by atoms with Crippen LogP contribution in [0, 0.1) is 0 Å². The third-order valence-corrected chi connectivity index (χ3v) is 0. The zero-order valence-electron chi connectivity index (χ0n) is 3.32. The van der Waals surface area contributed by atoms with E-state index in [2.05, 4.69) is 0 Å². The van der Waals surface area contributed by atoms with Gasteiger partial charge >= 0.3 is 103 Å². The molecule has 0 saturated carbocycles. The molecule has 26 valence electrons. The molecule has 0 radical (unpaired) electrons. The third-order valence-electron chi connectivity index (χ3n) is 0. The van der Waals surface area contributed by atoms with Gasteiger partial charge in [-0.25, -0.2) is 0 Å². The van der Waals surface area contributed by atoms with Crippen LogP contribution in [0.3, 0.4) is 0 Å². The maximum atomic E-state index is 8.89. The molecule has 0 aromatic heterocycles. The molecule has 0 amide bonds. The molecule has 0 aliphatic rings. The molecule has 0 saturated heterocycles. The van der Waals surface area contributed by atoms with E-state index in [-0.39, 0.29) is 103 Å². The first-order chi connectivity index (χ1) is 1.73. The second kappa shape index (κ2) is 10.7. The molecule has 0 fully saturated rings. The van der Waals surface area contributed by atoms with Crippen LogP contribution in [-0.2, 0) is 4.79 Å². The van der Waals surface area contributed by atoms with E-state index in [1.54, 1.807) is 0 Å². The molecule has 0 bridgehead atoms. The molecule has 0 aliphatic heterocycles. The van der Waals surface area contributed by atoms with Crippen LogP contribution in [0.2, 0.25) is 0 Å². The molecule has 2 nitrogen and oxygen atoms in total. The summed E-state index contributed by atoms with van der Waals surface area (Å²) in [5, 5.41) is 8.89. The first-order valence-electron chi connectivity index (χ1n) is 0.908. The molecule has 0 atom stereocenters. The fourth-order valence-corrected chi connectivity index (χ4v) is 0. The molecule has 0 aromatic carbocycles. The molecular weight excluding hydrogens is 134 g/mol.